The van der Waals surface area contributed by atoms with E-state index in [4.69, 9.17) is 5.73 Å². The van der Waals surface area contributed by atoms with E-state index in [0.29, 0.717) is 6.42 Å². The molecule has 0 fully saturated rings. The topological polar surface area (TPSA) is 55.1 Å². The molecule has 0 bridgehead atoms. The maximum absolute atomic E-state index is 11.4. The second-order valence-electron chi connectivity index (χ2n) is 4.27. The second kappa shape index (κ2) is 11.3. The van der Waals surface area contributed by atoms with E-state index in [1.807, 2.05) is 18.7 Å². The smallest absolute Gasteiger partial charge is 0.219 e. The first-order chi connectivity index (χ1) is 7.66. The van der Waals surface area contributed by atoms with Gasteiger partial charge in [-0.05, 0) is 44.6 Å². The molecular formula is C12H26N2OS. The van der Waals surface area contributed by atoms with Gasteiger partial charge in [0.15, 0.2) is 0 Å². The number of thioether (sulfide) groups is 1. The quantitative estimate of drug-likeness (QED) is 0.581. The minimum absolute atomic E-state index is 0.172. The van der Waals surface area contributed by atoms with Crippen LogP contribution in [0.2, 0.25) is 0 Å². The van der Waals surface area contributed by atoms with Crippen molar-refractivity contribution in [3.8, 4) is 0 Å². The Hall–Kier alpha value is -0.220. The fourth-order valence-electron chi connectivity index (χ4n) is 1.45. The van der Waals surface area contributed by atoms with Gasteiger partial charge in [0.25, 0.3) is 0 Å². The van der Waals surface area contributed by atoms with Crippen molar-refractivity contribution in [1.29, 1.82) is 0 Å². The molecule has 1 atom stereocenters. The molecular weight excluding hydrogens is 220 g/mol. The van der Waals surface area contributed by atoms with E-state index in [0.717, 1.165) is 25.8 Å². The number of nitrogens with two attached hydrogens (primary N) is 1. The van der Waals surface area contributed by atoms with Crippen LogP contribution in [0.3, 0.4) is 0 Å². The van der Waals surface area contributed by atoms with Crippen LogP contribution in [0.1, 0.15) is 45.4 Å². The summed E-state index contributed by atoms with van der Waals surface area (Å²) in [6, 6.07) is 0.208. The molecule has 0 saturated heterocycles. The van der Waals surface area contributed by atoms with Crippen LogP contribution in [0.4, 0.5) is 0 Å². The summed E-state index contributed by atoms with van der Waals surface area (Å²) in [5.74, 6) is 1.40. The highest BCUT2D eigenvalue weighted by molar-refractivity contribution is 7.98. The van der Waals surface area contributed by atoms with Gasteiger partial charge in [-0.1, -0.05) is 6.42 Å². The van der Waals surface area contributed by atoms with Crippen molar-refractivity contribution < 1.29 is 4.79 Å². The van der Waals surface area contributed by atoms with Crippen LogP contribution in [-0.4, -0.2) is 30.5 Å². The standard InChI is InChI=1S/C12H26N2OS/c1-11(13)7-6-8-12(15)14-9-4-3-5-10-16-2/h11H,3-10,13H2,1-2H3,(H,14,15). The molecule has 16 heavy (non-hydrogen) atoms. The molecule has 1 unspecified atom stereocenters. The summed E-state index contributed by atoms with van der Waals surface area (Å²) in [6.07, 6.45) is 8.13. The summed E-state index contributed by atoms with van der Waals surface area (Å²) in [6.45, 7) is 2.80. The first-order valence-electron chi connectivity index (χ1n) is 6.18. The van der Waals surface area contributed by atoms with Crippen molar-refractivity contribution in [2.75, 3.05) is 18.6 Å². The fraction of sp³-hybridized carbons (Fsp3) is 0.917. The van der Waals surface area contributed by atoms with Gasteiger partial charge in [-0.15, -0.1) is 0 Å². The molecule has 0 aromatic heterocycles. The Morgan fingerprint density at radius 2 is 2.06 bits per heavy atom. The zero-order valence-electron chi connectivity index (χ0n) is 10.6. The summed E-state index contributed by atoms with van der Waals surface area (Å²) in [5, 5.41) is 2.95. The first-order valence-corrected chi connectivity index (χ1v) is 7.57. The van der Waals surface area contributed by atoms with Gasteiger partial charge in [-0.3, -0.25) is 4.79 Å². The van der Waals surface area contributed by atoms with Gasteiger partial charge in [0.05, 0.1) is 0 Å². The molecule has 3 nitrogen and oxygen atoms in total. The van der Waals surface area contributed by atoms with Gasteiger partial charge in [0.1, 0.15) is 0 Å². The van der Waals surface area contributed by atoms with E-state index in [1.165, 1.54) is 18.6 Å². The van der Waals surface area contributed by atoms with Gasteiger partial charge in [0.2, 0.25) is 5.91 Å². The summed E-state index contributed by atoms with van der Waals surface area (Å²) < 4.78 is 0. The molecule has 0 aromatic carbocycles. The summed E-state index contributed by atoms with van der Waals surface area (Å²) in [7, 11) is 0. The summed E-state index contributed by atoms with van der Waals surface area (Å²) in [5.41, 5.74) is 5.61. The van der Waals surface area contributed by atoms with Crippen LogP contribution in [-0.2, 0) is 4.79 Å². The number of carbonyl (C=O) groups excluding carboxylic acids is 1. The number of nitrogens with one attached hydrogen (secondary N) is 1. The Bertz CT molecular complexity index is 174. The molecule has 0 heterocycles. The third kappa shape index (κ3) is 11.9. The average Bonchev–Trinajstić information content (AvgIpc) is 2.22. The molecule has 0 saturated carbocycles. The molecule has 0 aliphatic rings. The van der Waals surface area contributed by atoms with Gasteiger partial charge >= 0.3 is 0 Å². The molecule has 0 spiro atoms. The summed E-state index contributed by atoms with van der Waals surface area (Å²) in [4.78, 5) is 11.4. The van der Waals surface area contributed by atoms with Gasteiger partial charge in [-0.25, -0.2) is 0 Å². The maximum atomic E-state index is 11.4. The predicted octanol–water partition coefficient (Wildman–Crippen LogP) is 2.15. The predicted molar refractivity (Wildman–Crippen MR) is 72.7 cm³/mol. The van der Waals surface area contributed by atoms with E-state index >= 15 is 0 Å². The number of hydrogen-bond acceptors (Lipinski definition) is 3. The van der Waals surface area contributed by atoms with Crippen LogP contribution in [0.15, 0.2) is 0 Å². The van der Waals surface area contributed by atoms with Crippen LogP contribution in [0.5, 0.6) is 0 Å². The van der Waals surface area contributed by atoms with Crippen LogP contribution >= 0.6 is 11.8 Å². The lowest BCUT2D eigenvalue weighted by Gasteiger charge is -2.06. The molecule has 0 aromatic rings. The largest absolute Gasteiger partial charge is 0.356 e. The van der Waals surface area contributed by atoms with E-state index in [9.17, 15) is 4.79 Å². The maximum Gasteiger partial charge on any atom is 0.219 e. The zero-order valence-corrected chi connectivity index (χ0v) is 11.4. The van der Waals surface area contributed by atoms with Gasteiger partial charge in [-0.2, -0.15) is 11.8 Å². The molecule has 4 heteroatoms. The molecule has 1 amide bonds. The van der Waals surface area contributed by atoms with E-state index in [1.54, 1.807) is 0 Å². The number of hydrogen-bond donors (Lipinski definition) is 2. The first kappa shape index (κ1) is 15.8. The SMILES string of the molecule is CSCCCCCNC(=O)CCCC(C)N. The Morgan fingerprint density at radius 3 is 2.69 bits per heavy atom. The lowest BCUT2D eigenvalue weighted by atomic mass is 10.1. The van der Waals surface area contributed by atoms with E-state index in [-0.39, 0.29) is 11.9 Å². The third-order valence-electron chi connectivity index (χ3n) is 2.41. The minimum Gasteiger partial charge on any atom is -0.356 e. The lowest BCUT2D eigenvalue weighted by Crippen LogP contribution is -2.24. The third-order valence-corrected chi connectivity index (χ3v) is 3.11. The molecule has 0 aliphatic heterocycles. The minimum atomic E-state index is 0.172. The average molecular weight is 246 g/mol. The summed E-state index contributed by atoms with van der Waals surface area (Å²) >= 11 is 1.88. The highest BCUT2D eigenvalue weighted by Crippen LogP contribution is 2.02. The normalized spacial score (nSPS) is 12.4. The molecule has 0 rings (SSSR count). The molecule has 96 valence electrons. The number of rotatable bonds is 10. The van der Waals surface area contributed by atoms with E-state index in [2.05, 4.69) is 11.6 Å². The van der Waals surface area contributed by atoms with Crippen LogP contribution in [0, 0.1) is 0 Å². The van der Waals surface area contributed by atoms with Gasteiger partial charge in [0, 0.05) is 19.0 Å². The van der Waals surface area contributed by atoms with Crippen molar-refractivity contribution in [1.82, 2.24) is 5.32 Å². The number of amides is 1. The van der Waals surface area contributed by atoms with Crippen molar-refractivity contribution in [3.63, 3.8) is 0 Å². The highest BCUT2D eigenvalue weighted by Gasteiger charge is 2.01. The number of carbonyl (C=O) groups is 1. The molecule has 0 aliphatic carbocycles. The lowest BCUT2D eigenvalue weighted by molar-refractivity contribution is -0.121. The van der Waals surface area contributed by atoms with E-state index < -0.39 is 0 Å². The Balaban J connectivity index is 3.17. The van der Waals surface area contributed by atoms with Crippen molar-refractivity contribution >= 4 is 17.7 Å². The van der Waals surface area contributed by atoms with Gasteiger partial charge < -0.3 is 11.1 Å². The Kier molecular flexibility index (Phi) is 11.1. The van der Waals surface area contributed by atoms with Crippen molar-refractivity contribution in [3.05, 3.63) is 0 Å². The van der Waals surface area contributed by atoms with Crippen molar-refractivity contribution in [2.24, 2.45) is 5.73 Å². The zero-order chi connectivity index (χ0) is 12.2. The highest BCUT2D eigenvalue weighted by atomic mass is 32.2. The Morgan fingerprint density at radius 1 is 1.31 bits per heavy atom. The molecule has 0 radical (unpaired) electrons. The monoisotopic (exact) mass is 246 g/mol. The van der Waals surface area contributed by atoms with Crippen LogP contribution < -0.4 is 11.1 Å². The molecule has 3 N–H and O–H groups in total. The fourth-order valence-corrected chi connectivity index (χ4v) is 1.94. The van der Waals surface area contributed by atoms with Crippen molar-refractivity contribution in [2.45, 2.75) is 51.5 Å². The Labute approximate surface area is 104 Å². The number of unbranched alkanes of at least 4 members (excludes halogenated alkanes) is 2. The second-order valence-corrected chi connectivity index (χ2v) is 5.26. The van der Waals surface area contributed by atoms with Crippen LogP contribution in [0.25, 0.3) is 0 Å².